The number of anilines is 2. The topological polar surface area (TPSA) is 78.6 Å². The van der Waals surface area contributed by atoms with E-state index in [0.29, 0.717) is 24.8 Å². The summed E-state index contributed by atoms with van der Waals surface area (Å²) in [4.78, 5) is 14.0. The molecule has 1 aliphatic rings. The molecule has 2 rings (SSSR count). The van der Waals surface area contributed by atoms with Crippen molar-refractivity contribution < 1.29 is 9.90 Å². The normalized spacial score (nSPS) is 15.3. The maximum absolute atomic E-state index is 12.0. The van der Waals surface area contributed by atoms with E-state index in [9.17, 15) is 4.79 Å². The molecule has 0 bridgehead atoms. The third-order valence-electron chi connectivity index (χ3n) is 3.52. The van der Waals surface area contributed by atoms with Crippen LogP contribution in [0.4, 0.5) is 11.4 Å². The van der Waals surface area contributed by atoms with Gasteiger partial charge in [0, 0.05) is 24.0 Å². The Morgan fingerprint density at radius 2 is 2.05 bits per heavy atom. The Morgan fingerprint density at radius 1 is 1.37 bits per heavy atom. The van der Waals surface area contributed by atoms with Gasteiger partial charge in [-0.15, -0.1) is 0 Å². The molecule has 19 heavy (non-hydrogen) atoms. The third kappa shape index (κ3) is 3.94. The second-order valence-electron chi connectivity index (χ2n) is 4.95. The van der Waals surface area contributed by atoms with Gasteiger partial charge in [0.2, 0.25) is 5.91 Å². The van der Waals surface area contributed by atoms with Crippen molar-refractivity contribution in [2.45, 2.75) is 25.3 Å². The predicted molar refractivity (Wildman–Crippen MR) is 75.8 cm³/mol. The highest BCUT2D eigenvalue weighted by molar-refractivity contribution is 5.92. The van der Waals surface area contributed by atoms with E-state index in [4.69, 9.17) is 10.8 Å². The number of carbonyl (C=O) groups excluding carboxylic acids is 1. The van der Waals surface area contributed by atoms with Gasteiger partial charge in [-0.2, -0.15) is 0 Å². The Morgan fingerprint density at radius 3 is 2.58 bits per heavy atom. The summed E-state index contributed by atoms with van der Waals surface area (Å²) in [6, 6.07) is 7.53. The van der Waals surface area contributed by atoms with Crippen molar-refractivity contribution in [1.82, 2.24) is 4.90 Å². The van der Waals surface area contributed by atoms with Crippen molar-refractivity contribution in [2.24, 2.45) is 0 Å². The van der Waals surface area contributed by atoms with Gasteiger partial charge in [0.25, 0.3) is 0 Å². The van der Waals surface area contributed by atoms with Crippen molar-refractivity contribution >= 4 is 17.3 Å². The van der Waals surface area contributed by atoms with Crippen molar-refractivity contribution in [1.29, 1.82) is 0 Å². The van der Waals surface area contributed by atoms with Crippen LogP contribution in [0.25, 0.3) is 0 Å². The molecule has 0 aromatic heterocycles. The maximum atomic E-state index is 12.0. The fourth-order valence-corrected chi connectivity index (χ4v) is 2.22. The average molecular weight is 263 g/mol. The van der Waals surface area contributed by atoms with E-state index < -0.39 is 0 Å². The fraction of sp³-hybridized carbons (Fsp3) is 0.500. The highest BCUT2D eigenvalue weighted by atomic mass is 16.3. The van der Waals surface area contributed by atoms with Crippen LogP contribution in [-0.2, 0) is 4.79 Å². The predicted octanol–water partition coefficient (Wildman–Crippen LogP) is 1.05. The molecule has 0 aliphatic heterocycles. The molecule has 1 aromatic rings. The summed E-state index contributed by atoms with van der Waals surface area (Å²) in [5.74, 6) is -0.0508. The van der Waals surface area contributed by atoms with Gasteiger partial charge in [0.05, 0.1) is 13.2 Å². The molecule has 4 N–H and O–H groups in total. The molecule has 0 heterocycles. The number of nitrogens with one attached hydrogen (secondary N) is 1. The Kier molecular flexibility index (Phi) is 4.76. The highest BCUT2D eigenvalue weighted by Crippen LogP contribution is 2.24. The van der Waals surface area contributed by atoms with E-state index in [2.05, 4.69) is 10.2 Å². The summed E-state index contributed by atoms with van der Waals surface area (Å²) in [6.07, 6.45) is 3.45. The molecule has 5 heteroatoms. The largest absolute Gasteiger partial charge is 0.399 e. The molecule has 0 unspecified atom stereocenters. The number of aliphatic hydroxyl groups excluding tert-OH is 1. The van der Waals surface area contributed by atoms with E-state index in [1.165, 1.54) is 6.42 Å². The zero-order valence-corrected chi connectivity index (χ0v) is 11.0. The van der Waals surface area contributed by atoms with Crippen molar-refractivity contribution in [3.05, 3.63) is 24.3 Å². The summed E-state index contributed by atoms with van der Waals surface area (Å²) >= 11 is 0. The van der Waals surface area contributed by atoms with Crippen LogP contribution in [0.1, 0.15) is 19.3 Å². The summed E-state index contributed by atoms with van der Waals surface area (Å²) in [7, 11) is 0. The number of hydrogen-bond donors (Lipinski definition) is 3. The number of hydrogen-bond acceptors (Lipinski definition) is 4. The van der Waals surface area contributed by atoms with Crippen LogP contribution in [0.3, 0.4) is 0 Å². The molecule has 1 saturated carbocycles. The molecule has 5 nitrogen and oxygen atoms in total. The summed E-state index contributed by atoms with van der Waals surface area (Å²) in [5.41, 5.74) is 7.02. The lowest BCUT2D eigenvalue weighted by Gasteiger charge is -2.36. The highest BCUT2D eigenvalue weighted by Gasteiger charge is 2.25. The molecule has 0 atom stereocenters. The molecule has 1 aliphatic carbocycles. The van der Waals surface area contributed by atoms with Crippen molar-refractivity contribution in [3.63, 3.8) is 0 Å². The van der Waals surface area contributed by atoms with Crippen LogP contribution < -0.4 is 11.1 Å². The van der Waals surface area contributed by atoms with E-state index >= 15 is 0 Å². The average Bonchev–Trinajstić information content (AvgIpc) is 2.30. The second kappa shape index (κ2) is 6.54. The molecular weight excluding hydrogens is 242 g/mol. The van der Waals surface area contributed by atoms with Crippen LogP contribution in [0.5, 0.6) is 0 Å². The number of nitrogen functional groups attached to an aromatic ring is 1. The minimum Gasteiger partial charge on any atom is -0.399 e. The number of nitrogens with two attached hydrogens (primary N) is 1. The molecule has 1 amide bonds. The lowest BCUT2D eigenvalue weighted by molar-refractivity contribution is -0.118. The first kappa shape index (κ1) is 13.8. The Labute approximate surface area is 113 Å². The second-order valence-corrected chi connectivity index (χ2v) is 4.95. The number of rotatable bonds is 6. The number of benzene rings is 1. The molecule has 104 valence electrons. The number of amides is 1. The molecule has 1 fully saturated rings. The summed E-state index contributed by atoms with van der Waals surface area (Å²) < 4.78 is 0. The van der Waals surface area contributed by atoms with Crippen LogP contribution in [0.2, 0.25) is 0 Å². The Bertz CT molecular complexity index is 415. The van der Waals surface area contributed by atoms with Gasteiger partial charge in [-0.05, 0) is 37.1 Å². The SMILES string of the molecule is Nc1ccc(NC(=O)CN(CCO)C2CCC2)cc1. The monoisotopic (exact) mass is 263 g/mol. The Balaban J connectivity index is 1.86. The first-order valence-corrected chi connectivity index (χ1v) is 6.69. The van der Waals surface area contributed by atoms with E-state index in [0.717, 1.165) is 18.5 Å². The van der Waals surface area contributed by atoms with Gasteiger partial charge in [0.15, 0.2) is 0 Å². The maximum Gasteiger partial charge on any atom is 0.238 e. The molecule has 1 aromatic carbocycles. The van der Waals surface area contributed by atoms with Gasteiger partial charge in [-0.3, -0.25) is 9.69 Å². The minimum absolute atomic E-state index is 0.0508. The quantitative estimate of drug-likeness (QED) is 0.670. The summed E-state index contributed by atoms with van der Waals surface area (Å²) in [6.45, 7) is 0.973. The molecule has 0 radical (unpaired) electrons. The Hall–Kier alpha value is -1.59. The first-order valence-electron chi connectivity index (χ1n) is 6.69. The van der Waals surface area contributed by atoms with E-state index in [1.54, 1.807) is 24.3 Å². The lowest BCUT2D eigenvalue weighted by atomic mass is 9.91. The van der Waals surface area contributed by atoms with Crippen LogP contribution in [0.15, 0.2) is 24.3 Å². The van der Waals surface area contributed by atoms with Gasteiger partial charge in [-0.1, -0.05) is 6.42 Å². The summed E-state index contributed by atoms with van der Waals surface area (Å²) in [5, 5.41) is 11.9. The van der Waals surface area contributed by atoms with Crippen molar-refractivity contribution in [3.8, 4) is 0 Å². The van der Waals surface area contributed by atoms with E-state index in [1.807, 2.05) is 0 Å². The van der Waals surface area contributed by atoms with Gasteiger partial charge in [-0.25, -0.2) is 0 Å². The zero-order chi connectivity index (χ0) is 13.7. The fourth-order valence-electron chi connectivity index (χ4n) is 2.22. The van der Waals surface area contributed by atoms with Gasteiger partial charge < -0.3 is 16.2 Å². The van der Waals surface area contributed by atoms with Crippen LogP contribution >= 0.6 is 0 Å². The van der Waals surface area contributed by atoms with Gasteiger partial charge >= 0.3 is 0 Å². The minimum atomic E-state index is -0.0508. The zero-order valence-electron chi connectivity index (χ0n) is 11.0. The standard InChI is InChI=1S/C14H21N3O2/c15-11-4-6-12(7-5-11)16-14(19)10-17(8-9-18)13-2-1-3-13/h4-7,13,18H,1-3,8-10,15H2,(H,16,19). The van der Waals surface area contributed by atoms with Crippen LogP contribution in [-0.4, -0.2) is 41.7 Å². The first-order chi connectivity index (χ1) is 9.19. The third-order valence-corrected chi connectivity index (χ3v) is 3.52. The number of aliphatic hydroxyl groups is 1. The van der Waals surface area contributed by atoms with E-state index in [-0.39, 0.29) is 12.5 Å². The molecule has 0 spiro atoms. The van der Waals surface area contributed by atoms with Crippen molar-refractivity contribution in [2.75, 3.05) is 30.7 Å². The van der Waals surface area contributed by atoms with Crippen LogP contribution in [0, 0.1) is 0 Å². The number of nitrogens with zero attached hydrogens (tertiary/aromatic N) is 1. The number of carbonyl (C=O) groups is 1. The molecule has 0 saturated heterocycles. The smallest absolute Gasteiger partial charge is 0.238 e. The lowest BCUT2D eigenvalue weighted by Crippen LogP contribution is -2.45. The van der Waals surface area contributed by atoms with Gasteiger partial charge in [0.1, 0.15) is 0 Å². The molecular formula is C14H21N3O2.